The molecule has 1 amide bonds. The zero-order valence-electron chi connectivity index (χ0n) is 13.3. The van der Waals surface area contributed by atoms with Crippen LogP contribution in [0.15, 0.2) is 18.3 Å². The summed E-state index contributed by atoms with van der Waals surface area (Å²) in [5, 5.41) is 5.06. The highest BCUT2D eigenvalue weighted by atomic mass is 35.5. The molecule has 1 atom stereocenters. The molecule has 128 valence electrons. The second-order valence-corrected chi connectivity index (χ2v) is 6.96. The zero-order chi connectivity index (χ0) is 15.6. The van der Waals surface area contributed by atoms with E-state index in [4.69, 9.17) is 0 Å². The van der Waals surface area contributed by atoms with Gasteiger partial charge in [-0.05, 0) is 44.0 Å². The monoisotopic (exact) mass is 350 g/mol. The second kappa shape index (κ2) is 5.70. The molecule has 0 aliphatic carbocycles. The quantitative estimate of drug-likeness (QED) is 0.791. The number of aromatic nitrogens is 2. The molecule has 0 unspecified atom stereocenters. The maximum absolute atomic E-state index is 13.9. The molecule has 3 fully saturated rings. The number of hydrogen-bond donors (Lipinski definition) is 0. The molecular formula is C17H20ClFN4O. The average molecular weight is 351 g/mol. The van der Waals surface area contributed by atoms with Gasteiger partial charge in [0.1, 0.15) is 5.82 Å². The van der Waals surface area contributed by atoms with Crippen molar-refractivity contribution < 1.29 is 9.18 Å². The first-order valence-corrected chi connectivity index (χ1v) is 8.39. The number of carbonyl (C=O) groups is 1. The topological polar surface area (TPSA) is 41.4 Å². The standard InChI is InChI=1S/C17H19FN4O.ClH/c18-13-7-12-9-19-22-6-5-21(17(23)14(8-13)16(12)22)15-10-20-3-1-11(15)2-4-20;/h7-9,11,15H,1-6,10H2;1H/t15-;/m1./s1. The lowest BCUT2D eigenvalue weighted by Gasteiger charge is -2.48. The summed E-state index contributed by atoms with van der Waals surface area (Å²) in [7, 11) is 0. The van der Waals surface area contributed by atoms with Gasteiger partial charge in [0.25, 0.3) is 5.91 Å². The van der Waals surface area contributed by atoms with Gasteiger partial charge in [-0.15, -0.1) is 12.4 Å². The molecule has 1 aromatic carbocycles. The fourth-order valence-corrected chi connectivity index (χ4v) is 4.59. The third kappa shape index (κ3) is 2.24. The highest BCUT2D eigenvalue weighted by molar-refractivity contribution is 6.06. The van der Waals surface area contributed by atoms with Crippen LogP contribution < -0.4 is 0 Å². The van der Waals surface area contributed by atoms with Crippen LogP contribution in [-0.4, -0.2) is 57.7 Å². The summed E-state index contributed by atoms with van der Waals surface area (Å²) in [6.07, 6.45) is 3.98. The Morgan fingerprint density at radius 3 is 2.62 bits per heavy atom. The third-order valence-electron chi connectivity index (χ3n) is 5.76. The molecule has 0 saturated carbocycles. The number of rotatable bonds is 1. The van der Waals surface area contributed by atoms with Crippen molar-refractivity contribution in [2.24, 2.45) is 5.92 Å². The third-order valence-corrected chi connectivity index (χ3v) is 5.76. The molecule has 1 aromatic heterocycles. The van der Waals surface area contributed by atoms with Crippen molar-refractivity contribution in [3.63, 3.8) is 0 Å². The van der Waals surface area contributed by atoms with Crippen molar-refractivity contribution >= 4 is 29.2 Å². The fourth-order valence-electron chi connectivity index (χ4n) is 4.59. The molecular weight excluding hydrogens is 331 g/mol. The Morgan fingerprint density at radius 2 is 1.92 bits per heavy atom. The summed E-state index contributed by atoms with van der Waals surface area (Å²) in [6, 6.07) is 3.09. The van der Waals surface area contributed by atoms with E-state index in [1.807, 2.05) is 9.58 Å². The summed E-state index contributed by atoms with van der Waals surface area (Å²) in [5.41, 5.74) is 1.24. The van der Waals surface area contributed by atoms with E-state index >= 15 is 0 Å². The second-order valence-electron chi connectivity index (χ2n) is 6.96. The minimum atomic E-state index is -0.365. The van der Waals surface area contributed by atoms with E-state index < -0.39 is 0 Å². The van der Waals surface area contributed by atoms with Crippen LogP contribution in [0.5, 0.6) is 0 Å². The van der Waals surface area contributed by atoms with Crippen molar-refractivity contribution in [3.05, 3.63) is 29.7 Å². The maximum Gasteiger partial charge on any atom is 0.256 e. The number of benzene rings is 1. The van der Waals surface area contributed by atoms with Crippen molar-refractivity contribution in [3.8, 4) is 0 Å². The molecule has 6 rings (SSSR count). The zero-order valence-corrected chi connectivity index (χ0v) is 14.1. The lowest BCUT2D eigenvalue weighted by atomic mass is 9.83. The van der Waals surface area contributed by atoms with E-state index in [1.165, 1.54) is 12.1 Å². The largest absolute Gasteiger partial charge is 0.332 e. The molecule has 5 nitrogen and oxygen atoms in total. The first-order chi connectivity index (χ1) is 11.2. The fraction of sp³-hybridized carbons (Fsp3) is 0.529. The summed E-state index contributed by atoms with van der Waals surface area (Å²) < 4.78 is 15.8. The Kier molecular flexibility index (Phi) is 3.77. The number of hydrogen-bond acceptors (Lipinski definition) is 3. The SMILES string of the molecule is Cl.O=C1c2cc(F)cc3cnn(c23)CCN1[C@@H]1CN2CCC1CC2. The number of amides is 1. The lowest BCUT2D eigenvalue weighted by molar-refractivity contribution is 0.00705. The van der Waals surface area contributed by atoms with Gasteiger partial charge in [0.2, 0.25) is 0 Å². The van der Waals surface area contributed by atoms with E-state index in [1.54, 1.807) is 6.20 Å². The maximum atomic E-state index is 13.9. The molecule has 0 spiro atoms. The summed E-state index contributed by atoms with van der Waals surface area (Å²) in [5.74, 6) is 0.182. The lowest BCUT2D eigenvalue weighted by Crippen LogP contribution is -2.58. The minimum Gasteiger partial charge on any atom is -0.332 e. The molecule has 4 aliphatic rings. The smallest absolute Gasteiger partial charge is 0.256 e. The van der Waals surface area contributed by atoms with Crippen molar-refractivity contribution in [2.75, 3.05) is 26.2 Å². The van der Waals surface area contributed by atoms with Crippen molar-refractivity contribution in [1.29, 1.82) is 0 Å². The minimum absolute atomic E-state index is 0. The summed E-state index contributed by atoms with van der Waals surface area (Å²) >= 11 is 0. The molecule has 2 bridgehead atoms. The molecule has 0 N–H and O–H groups in total. The Labute approximate surface area is 145 Å². The highest BCUT2D eigenvalue weighted by Gasteiger charge is 2.40. The van der Waals surface area contributed by atoms with Crippen LogP contribution in [0.4, 0.5) is 4.39 Å². The molecule has 2 aromatic rings. The van der Waals surface area contributed by atoms with Crippen molar-refractivity contribution in [1.82, 2.24) is 19.6 Å². The molecule has 7 heteroatoms. The number of fused-ring (bicyclic) bond motifs is 3. The first kappa shape index (κ1) is 15.8. The molecule has 24 heavy (non-hydrogen) atoms. The Balaban J connectivity index is 0.00000146. The van der Waals surface area contributed by atoms with Crippen LogP contribution in [0.3, 0.4) is 0 Å². The van der Waals surface area contributed by atoms with Gasteiger partial charge in [-0.25, -0.2) is 4.39 Å². The molecule has 5 heterocycles. The van der Waals surface area contributed by atoms with Gasteiger partial charge in [-0.1, -0.05) is 0 Å². The molecule has 4 aliphatic heterocycles. The van der Waals surface area contributed by atoms with Crippen LogP contribution >= 0.6 is 12.4 Å². The van der Waals surface area contributed by atoms with Gasteiger partial charge < -0.3 is 9.80 Å². The van der Waals surface area contributed by atoms with E-state index in [-0.39, 0.29) is 30.2 Å². The van der Waals surface area contributed by atoms with E-state index in [9.17, 15) is 9.18 Å². The van der Waals surface area contributed by atoms with E-state index in [0.29, 0.717) is 30.0 Å². The summed E-state index contributed by atoms with van der Waals surface area (Å²) in [4.78, 5) is 17.6. The van der Waals surface area contributed by atoms with Crippen LogP contribution in [0.1, 0.15) is 23.2 Å². The van der Waals surface area contributed by atoms with E-state index in [2.05, 4.69) is 10.00 Å². The Bertz CT molecular complexity index is 799. The van der Waals surface area contributed by atoms with Crippen LogP contribution in [0, 0.1) is 11.7 Å². The van der Waals surface area contributed by atoms with Gasteiger partial charge in [0.15, 0.2) is 0 Å². The van der Waals surface area contributed by atoms with E-state index in [0.717, 1.165) is 38.0 Å². The van der Waals surface area contributed by atoms with Crippen molar-refractivity contribution in [2.45, 2.75) is 25.4 Å². The normalized spacial score (nSPS) is 28.8. The average Bonchev–Trinajstić information content (AvgIpc) is 2.91. The van der Waals surface area contributed by atoms with Gasteiger partial charge in [-0.2, -0.15) is 5.10 Å². The number of carbonyl (C=O) groups excluding carboxylic acids is 1. The first-order valence-electron chi connectivity index (χ1n) is 8.39. The van der Waals surface area contributed by atoms with Gasteiger partial charge in [0, 0.05) is 24.5 Å². The van der Waals surface area contributed by atoms with Gasteiger partial charge >= 0.3 is 0 Å². The van der Waals surface area contributed by atoms with Crippen LogP contribution in [0.2, 0.25) is 0 Å². The van der Waals surface area contributed by atoms with Gasteiger partial charge in [-0.3, -0.25) is 9.48 Å². The Hall–Kier alpha value is -1.66. The Morgan fingerprint density at radius 1 is 1.12 bits per heavy atom. The number of piperidine rings is 3. The number of halogens is 2. The highest BCUT2D eigenvalue weighted by Crippen LogP contribution is 2.33. The summed E-state index contributed by atoms with van der Waals surface area (Å²) in [6.45, 7) is 4.58. The van der Waals surface area contributed by atoms with Crippen LogP contribution in [0.25, 0.3) is 10.9 Å². The van der Waals surface area contributed by atoms with Crippen LogP contribution in [-0.2, 0) is 6.54 Å². The van der Waals surface area contributed by atoms with Gasteiger partial charge in [0.05, 0.1) is 23.8 Å². The predicted molar refractivity (Wildman–Crippen MR) is 90.9 cm³/mol. The molecule has 0 radical (unpaired) electrons. The predicted octanol–water partition coefficient (Wildman–Crippen LogP) is 2.15. The molecule has 3 saturated heterocycles. The number of nitrogens with zero attached hydrogens (tertiary/aromatic N) is 4.